The second kappa shape index (κ2) is 10.7. The van der Waals surface area contributed by atoms with E-state index in [1.54, 1.807) is 0 Å². The summed E-state index contributed by atoms with van der Waals surface area (Å²) in [7, 11) is 0. The number of benzene rings is 4. The Morgan fingerprint density at radius 2 is 0.955 bits per heavy atom. The van der Waals surface area contributed by atoms with Crippen LogP contribution in [0.25, 0.3) is 33.4 Å². The van der Waals surface area contributed by atoms with Crippen molar-refractivity contribution in [3.8, 4) is 44.9 Å². The summed E-state index contributed by atoms with van der Waals surface area (Å²) in [5, 5.41) is 43.7. The van der Waals surface area contributed by atoms with Crippen molar-refractivity contribution in [1.82, 2.24) is 0 Å². The third-order valence-electron chi connectivity index (χ3n) is 6.38. The minimum atomic E-state index is -5.51. The molecule has 4 aromatic carbocycles. The molecule has 4 rings (SSSR count). The lowest BCUT2D eigenvalue weighted by Crippen LogP contribution is -2.12. The maximum absolute atomic E-state index is 14.2. The van der Waals surface area contributed by atoms with Crippen molar-refractivity contribution < 1.29 is 59.6 Å². The predicted octanol–water partition coefficient (Wildman–Crippen LogP) is 8.97. The number of phenols is 2. The zero-order valence-corrected chi connectivity index (χ0v) is 21.2. The van der Waals surface area contributed by atoms with Crippen LogP contribution in [0.3, 0.4) is 0 Å². The highest BCUT2D eigenvalue weighted by Gasteiger charge is 2.44. The van der Waals surface area contributed by atoms with Gasteiger partial charge in [-0.3, -0.25) is 20.2 Å². The van der Waals surface area contributed by atoms with Crippen LogP contribution < -0.4 is 0 Å². The van der Waals surface area contributed by atoms with E-state index in [4.69, 9.17) is 0 Å². The van der Waals surface area contributed by atoms with Gasteiger partial charge < -0.3 is 10.2 Å². The lowest BCUT2D eigenvalue weighted by molar-refractivity contribution is -0.388. The second-order valence-electron chi connectivity index (χ2n) is 9.05. The number of alkyl halides is 9. The Labute approximate surface area is 238 Å². The van der Waals surface area contributed by atoms with E-state index in [1.165, 1.54) is 0 Å². The van der Waals surface area contributed by atoms with Crippen LogP contribution >= 0.6 is 0 Å². The van der Waals surface area contributed by atoms with Crippen LogP contribution in [0.4, 0.5) is 50.9 Å². The Bertz CT molecular complexity index is 1800. The average molecular weight is 632 g/mol. The normalized spacial score (nSPS) is 12.3. The number of phenolic OH excluding ortho intramolecular Hbond substituents is 2. The van der Waals surface area contributed by atoms with Crippen molar-refractivity contribution in [2.75, 3.05) is 0 Å². The van der Waals surface area contributed by atoms with Gasteiger partial charge in [0.05, 0.1) is 15.4 Å². The molecule has 0 spiro atoms. The molecule has 8 nitrogen and oxygen atoms in total. The van der Waals surface area contributed by atoms with Gasteiger partial charge in [0.15, 0.2) is 0 Å². The average Bonchev–Trinajstić information content (AvgIpc) is 2.90. The SMILES string of the molecule is O=[N+]([O-])c1ccc(O)c(-c2ccc(-c3c(O)ccc([N+](=O)[O-])c3C(F)(F)F)c(-c3ccc(C(F)(F)F)cc3)c2)c1C(F)(F)F. The number of nitro groups is 2. The van der Waals surface area contributed by atoms with Gasteiger partial charge in [-0.15, -0.1) is 0 Å². The van der Waals surface area contributed by atoms with Crippen LogP contribution in [0.1, 0.15) is 16.7 Å². The van der Waals surface area contributed by atoms with Crippen LogP contribution in [0.15, 0.2) is 66.7 Å². The van der Waals surface area contributed by atoms with Gasteiger partial charge in [-0.2, -0.15) is 39.5 Å². The first kappa shape index (κ1) is 31.6. The first-order valence-electron chi connectivity index (χ1n) is 11.7. The molecular formula is C27H13F9N2O6. The third-order valence-corrected chi connectivity index (χ3v) is 6.38. The largest absolute Gasteiger partial charge is 0.507 e. The fraction of sp³-hybridized carbons (Fsp3) is 0.111. The van der Waals surface area contributed by atoms with Crippen molar-refractivity contribution in [1.29, 1.82) is 0 Å². The molecule has 0 aliphatic carbocycles. The van der Waals surface area contributed by atoms with E-state index in [0.29, 0.717) is 54.6 Å². The van der Waals surface area contributed by atoms with Crippen LogP contribution in [-0.2, 0) is 18.5 Å². The first-order valence-corrected chi connectivity index (χ1v) is 11.7. The van der Waals surface area contributed by atoms with E-state index in [9.17, 15) is 70.0 Å². The highest BCUT2D eigenvalue weighted by molar-refractivity contribution is 5.93. The number of hydrogen-bond donors (Lipinski definition) is 2. The quantitative estimate of drug-likeness (QED) is 0.129. The van der Waals surface area contributed by atoms with Crippen molar-refractivity contribution in [2.45, 2.75) is 18.5 Å². The highest BCUT2D eigenvalue weighted by atomic mass is 19.4. The smallest absolute Gasteiger partial charge is 0.423 e. The zero-order chi connectivity index (χ0) is 32.9. The van der Waals surface area contributed by atoms with E-state index in [2.05, 4.69) is 0 Å². The first-order chi connectivity index (χ1) is 20.2. The molecule has 4 aromatic rings. The van der Waals surface area contributed by atoms with Gasteiger partial charge >= 0.3 is 18.5 Å². The number of nitro benzene ring substituents is 2. The molecule has 0 aliphatic rings. The molecule has 0 amide bonds. The lowest BCUT2D eigenvalue weighted by atomic mass is 9.86. The summed E-state index contributed by atoms with van der Waals surface area (Å²) in [6.07, 6.45) is -15.8. The topological polar surface area (TPSA) is 127 Å². The number of nitrogens with zero attached hydrogens (tertiary/aromatic N) is 2. The van der Waals surface area contributed by atoms with Gasteiger partial charge in [0, 0.05) is 23.3 Å². The molecule has 0 atom stereocenters. The van der Waals surface area contributed by atoms with Crippen LogP contribution in [0.5, 0.6) is 11.5 Å². The lowest BCUT2D eigenvalue weighted by Gasteiger charge is -2.20. The molecule has 0 saturated heterocycles. The van der Waals surface area contributed by atoms with E-state index < -0.39 is 95.8 Å². The molecule has 2 N–H and O–H groups in total. The molecule has 0 bridgehead atoms. The van der Waals surface area contributed by atoms with Crippen molar-refractivity contribution in [3.63, 3.8) is 0 Å². The molecule has 0 saturated carbocycles. The van der Waals surface area contributed by atoms with Gasteiger partial charge in [-0.1, -0.05) is 24.3 Å². The summed E-state index contributed by atoms with van der Waals surface area (Å²) in [6.45, 7) is 0. The number of rotatable bonds is 5. The maximum Gasteiger partial charge on any atom is 0.423 e. The molecule has 0 unspecified atom stereocenters. The monoisotopic (exact) mass is 632 g/mol. The molecule has 230 valence electrons. The second-order valence-corrected chi connectivity index (χ2v) is 9.05. The van der Waals surface area contributed by atoms with Gasteiger partial charge in [0.2, 0.25) is 0 Å². The minimum absolute atomic E-state index is 0.352. The zero-order valence-electron chi connectivity index (χ0n) is 21.2. The van der Waals surface area contributed by atoms with Crippen LogP contribution in [0.2, 0.25) is 0 Å². The molecule has 0 fully saturated rings. The predicted molar refractivity (Wildman–Crippen MR) is 134 cm³/mol. The Balaban J connectivity index is 2.17. The molecular weight excluding hydrogens is 619 g/mol. The number of aromatic hydroxyl groups is 2. The fourth-order valence-corrected chi connectivity index (χ4v) is 4.60. The molecule has 0 radical (unpaired) electrons. The summed E-state index contributed by atoms with van der Waals surface area (Å²) < 4.78 is 124. The van der Waals surface area contributed by atoms with Gasteiger partial charge in [0.25, 0.3) is 11.4 Å². The van der Waals surface area contributed by atoms with E-state index in [0.717, 1.165) is 12.1 Å². The fourth-order valence-electron chi connectivity index (χ4n) is 4.60. The Morgan fingerprint density at radius 1 is 0.523 bits per heavy atom. The third kappa shape index (κ3) is 5.80. The molecule has 0 aromatic heterocycles. The van der Waals surface area contributed by atoms with Crippen molar-refractivity contribution in [2.24, 2.45) is 0 Å². The van der Waals surface area contributed by atoms with Crippen LogP contribution in [-0.4, -0.2) is 20.1 Å². The maximum atomic E-state index is 14.2. The van der Waals surface area contributed by atoms with Gasteiger partial charge in [-0.05, 0) is 52.6 Å². The summed E-state index contributed by atoms with van der Waals surface area (Å²) >= 11 is 0. The van der Waals surface area contributed by atoms with Crippen molar-refractivity contribution in [3.05, 3.63) is 104 Å². The van der Waals surface area contributed by atoms with Crippen LogP contribution in [0, 0.1) is 20.2 Å². The molecule has 44 heavy (non-hydrogen) atoms. The number of halogens is 9. The minimum Gasteiger partial charge on any atom is -0.507 e. The van der Waals surface area contributed by atoms with E-state index in [1.807, 2.05) is 0 Å². The van der Waals surface area contributed by atoms with Crippen molar-refractivity contribution >= 4 is 11.4 Å². The van der Waals surface area contributed by atoms with E-state index in [-0.39, 0.29) is 5.56 Å². The summed E-state index contributed by atoms with van der Waals surface area (Å²) in [5.74, 6) is -2.33. The Morgan fingerprint density at radius 3 is 1.39 bits per heavy atom. The Hall–Kier alpha value is -5.35. The standard InChI is InChI=1S/C27H13F9N2O6/c28-25(29,30)14-4-1-12(2-5-14)16-11-13(21-19(39)9-7-17(37(41)42)23(21)26(31,32)33)3-6-15(16)22-20(40)10-8-18(38(43)44)24(22)27(34,35)36/h1-11,39-40H. The van der Waals surface area contributed by atoms with E-state index >= 15 is 0 Å². The molecule has 0 aliphatic heterocycles. The van der Waals surface area contributed by atoms with Gasteiger partial charge in [0.1, 0.15) is 22.6 Å². The number of hydrogen-bond acceptors (Lipinski definition) is 6. The Kier molecular flexibility index (Phi) is 7.70. The molecule has 0 heterocycles. The highest BCUT2D eigenvalue weighted by Crippen LogP contribution is 2.52. The summed E-state index contributed by atoms with van der Waals surface area (Å²) in [4.78, 5) is 20.1. The summed E-state index contributed by atoms with van der Waals surface area (Å²) in [6, 6.07) is 6.34. The molecule has 17 heteroatoms. The van der Waals surface area contributed by atoms with Gasteiger partial charge in [-0.25, -0.2) is 0 Å². The summed E-state index contributed by atoms with van der Waals surface area (Å²) in [5.41, 5.74) is -12.9.